The molecule has 0 saturated carbocycles. The highest BCUT2D eigenvalue weighted by molar-refractivity contribution is 5.91. The number of carbonyl (C=O) groups excluding carboxylic acids is 1. The molecule has 2 aromatic heterocycles. The first-order valence-electron chi connectivity index (χ1n) is 11.1. The van der Waals surface area contributed by atoms with Crippen molar-refractivity contribution >= 4 is 12.0 Å². The summed E-state index contributed by atoms with van der Waals surface area (Å²) in [5.74, 6) is -0.980. The Morgan fingerprint density at radius 2 is 2.06 bits per heavy atom. The molecule has 2 heterocycles. The summed E-state index contributed by atoms with van der Waals surface area (Å²) in [6.07, 6.45) is 2.34. The van der Waals surface area contributed by atoms with Gasteiger partial charge in [-0.3, -0.25) is 10.2 Å². The average molecular weight is 499 g/mol. The van der Waals surface area contributed by atoms with Gasteiger partial charge in [0.25, 0.3) is 5.91 Å². The third-order valence-corrected chi connectivity index (χ3v) is 5.25. The summed E-state index contributed by atoms with van der Waals surface area (Å²) >= 11 is 0. The van der Waals surface area contributed by atoms with Crippen molar-refractivity contribution in [1.29, 1.82) is 5.26 Å². The number of hydrogen-bond acceptors (Lipinski definition) is 6. The van der Waals surface area contributed by atoms with E-state index in [1.165, 1.54) is 37.5 Å². The van der Waals surface area contributed by atoms with E-state index in [1.54, 1.807) is 23.0 Å². The zero-order chi connectivity index (χ0) is 26.1. The molecule has 1 amide bonds. The Morgan fingerprint density at radius 3 is 2.72 bits per heavy atom. The van der Waals surface area contributed by atoms with Crippen molar-refractivity contribution < 1.29 is 22.7 Å². The van der Waals surface area contributed by atoms with Crippen molar-refractivity contribution in [2.75, 3.05) is 13.7 Å². The molecule has 0 bridgehead atoms. The predicted octanol–water partition coefficient (Wildman–Crippen LogP) is 4.32. The normalized spacial score (nSPS) is 12.3. The molecule has 0 saturated heterocycles. The summed E-state index contributed by atoms with van der Waals surface area (Å²) in [6.45, 7) is 2.14. The van der Waals surface area contributed by atoms with Gasteiger partial charge in [-0.2, -0.15) is 18.4 Å². The largest absolute Gasteiger partial charge is 0.479 e. The maximum absolute atomic E-state index is 13.2. The number of aromatic nitrogens is 3. The number of carbonyl (C=O) groups is 1. The molecule has 0 radical (unpaired) electrons. The highest BCUT2D eigenvalue weighted by atomic mass is 19.4. The fraction of sp³-hybridized carbons (Fsp3) is 0.280. The summed E-state index contributed by atoms with van der Waals surface area (Å²) < 4.78 is 46.8. The molecule has 1 aromatic carbocycles. The third-order valence-electron chi connectivity index (χ3n) is 5.25. The zero-order valence-electron chi connectivity index (χ0n) is 19.7. The average Bonchev–Trinajstić information content (AvgIpc) is 3.30. The molecule has 11 heteroatoms. The minimum Gasteiger partial charge on any atom is -0.479 e. The van der Waals surface area contributed by atoms with Crippen LogP contribution in [-0.4, -0.2) is 34.1 Å². The van der Waals surface area contributed by atoms with Crippen LogP contribution in [0.15, 0.2) is 55.0 Å². The van der Waals surface area contributed by atoms with Crippen LogP contribution in [0.1, 0.15) is 41.3 Å². The standard InChI is InChI=1S/C25H25F3N6O2/c1-17-15-34(16-30-17)22-11-9-19(32-24(22)36-2)10-12-23(35)33-31-13-5-6-18(14-29)20-7-3-4-8-21(20)25(26,27)28/h3-4,7-12,15-16,18,31H,5-6,13H2,1-2H3,(H,33,35). The number of benzene rings is 1. The van der Waals surface area contributed by atoms with Crippen molar-refractivity contribution in [3.63, 3.8) is 0 Å². The van der Waals surface area contributed by atoms with Crippen molar-refractivity contribution in [1.82, 2.24) is 25.4 Å². The van der Waals surface area contributed by atoms with Crippen LogP contribution in [-0.2, 0) is 11.0 Å². The van der Waals surface area contributed by atoms with Gasteiger partial charge in [-0.25, -0.2) is 15.4 Å². The molecule has 8 nitrogen and oxygen atoms in total. The number of hydrazine groups is 1. The second-order valence-corrected chi connectivity index (χ2v) is 7.85. The molecule has 0 aliphatic rings. The summed E-state index contributed by atoms with van der Waals surface area (Å²) in [4.78, 5) is 20.6. The first kappa shape index (κ1) is 26.4. The third kappa shape index (κ3) is 6.93. The number of aryl methyl sites for hydroxylation is 1. The fourth-order valence-electron chi connectivity index (χ4n) is 3.54. The first-order valence-corrected chi connectivity index (χ1v) is 11.1. The van der Waals surface area contributed by atoms with E-state index in [9.17, 15) is 23.2 Å². The zero-order valence-corrected chi connectivity index (χ0v) is 19.7. The second kappa shape index (κ2) is 12.0. The van der Waals surface area contributed by atoms with E-state index >= 15 is 0 Å². The molecule has 0 fully saturated rings. The molecule has 0 aliphatic heterocycles. The van der Waals surface area contributed by atoms with Crippen LogP contribution < -0.4 is 15.6 Å². The van der Waals surface area contributed by atoms with Crippen LogP contribution in [0.3, 0.4) is 0 Å². The number of nitrogens with one attached hydrogen (secondary N) is 2. The molecule has 188 valence electrons. The molecule has 3 aromatic rings. The minimum atomic E-state index is -4.53. The van der Waals surface area contributed by atoms with Crippen molar-refractivity contribution in [3.8, 4) is 17.6 Å². The number of ether oxygens (including phenoxy) is 1. The van der Waals surface area contributed by atoms with E-state index in [0.717, 1.165) is 11.8 Å². The summed E-state index contributed by atoms with van der Waals surface area (Å²) in [7, 11) is 1.50. The number of alkyl halides is 3. The Balaban J connectivity index is 1.49. The van der Waals surface area contributed by atoms with Crippen LogP contribution in [0.25, 0.3) is 11.8 Å². The van der Waals surface area contributed by atoms with E-state index in [-0.39, 0.29) is 18.5 Å². The van der Waals surface area contributed by atoms with Crippen LogP contribution in [0.4, 0.5) is 13.2 Å². The molecule has 0 aliphatic carbocycles. The molecule has 2 N–H and O–H groups in total. The quantitative estimate of drug-likeness (QED) is 0.245. The van der Waals surface area contributed by atoms with Gasteiger partial charge in [-0.1, -0.05) is 18.2 Å². The van der Waals surface area contributed by atoms with Crippen LogP contribution in [0.2, 0.25) is 0 Å². The first-order chi connectivity index (χ1) is 17.2. The van der Waals surface area contributed by atoms with Gasteiger partial charge in [0.05, 0.1) is 42.4 Å². The van der Waals surface area contributed by atoms with E-state index in [2.05, 4.69) is 20.8 Å². The molecule has 3 rings (SSSR count). The van der Waals surface area contributed by atoms with E-state index < -0.39 is 23.6 Å². The van der Waals surface area contributed by atoms with Gasteiger partial charge in [0, 0.05) is 18.8 Å². The van der Waals surface area contributed by atoms with E-state index in [4.69, 9.17) is 4.74 Å². The van der Waals surface area contributed by atoms with Gasteiger partial charge in [0.2, 0.25) is 5.88 Å². The molecular weight excluding hydrogens is 473 g/mol. The number of rotatable bonds is 10. The van der Waals surface area contributed by atoms with Crippen LogP contribution in [0.5, 0.6) is 5.88 Å². The number of pyridine rings is 1. The number of nitriles is 1. The number of imidazole rings is 1. The number of nitrogens with zero attached hydrogens (tertiary/aromatic N) is 4. The monoisotopic (exact) mass is 498 g/mol. The van der Waals surface area contributed by atoms with Gasteiger partial charge in [-0.15, -0.1) is 0 Å². The molecular formula is C25H25F3N6O2. The topological polar surface area (TPSA) is 105 Å². The Bertz CT molecular complexity index is 1260. The van der Waals surface area contributed by atoms with Gasteiger partial charge in [-0.05, 0) is 49.6 Å². The lowest BCUT2D eigenvalue weighted by Gasteiger charge is -2.16. The lowest BCUT2D eigenvalue weighted by Crippen LogP contribution is -2.36. The number of methoxy groups -OCH3 is 1. The smallest absolute Gasteiger partial charge is 0.416 e. The lowest BCUT2D eigenvalue weighted by atomic mass is 9.91. The van der Waals surface area contributed by atoms with Gasteiger partial charge < -0.3 is 9.30 Å². The number of hydrogen-bond donors (Lipinski definition) is 2. The summed E-state index contributed by atoms with van der Waals surface area (Å²) in [5.41, 5.74) is 6.40. The van der Waals surface area contributed by atoms with E-state index in [1.807, 2.05) is 19.2 Å². The number of amides is 1. The Hall–Kier alpha value is -4.17. The molecule has 1 atom stereocenters. The predicted molar refractivity (Wildman–Crippen MR) is 127 cm³/mol. The maximum atomic E-state index is 13.2. The Kier molecular flexibility index (Phi) is 8.81. The Labute approximate surface area is 206 Å². The van der Waals surface area contributed by atoms with Crippen molar-refractivity contribution in [2.24, 2.45) is 0 Å². The van der Waals surface area contributed by atoms with Crippen molar-refractivity contribution in [3.05, 3.63) is 77.5 Å². The van der Waals surface area contributed by atoms with Gasteiger partial charge in [0.15, 0.2) is 0 Å². The van der Waals surface area contributed by atoms with Gasteiger partial charge >= 0.3 is 6.18 Å². The molecule has 0 spiro atoms. The SMILES string of the molecule is COc1nc(C=CC(=O)NNCCCC(C#N)c2ccccc2C(F)(F)F)ccc1-n1cnc(C)c1. The van der Waals surface area contributed by atoms with E-state index in [0.29, 0.717) is 23.7 Å². The summed E-state index contributed by atoms with van der Waals surface area (Å²) in [6, 6.07) is 10.5. The van der Waals surface area contributed by atoms with Gasteiger partial charge in [0.1, 0.15) is 5.69 Å². The molecule has 36 heavy (non-hydrogen) atoms. The van der Waals surface area contributed by atoms with Crippen LogP contribution in [0, 0.1) is 18.3 Å². The highest BCUT2D eigenvalue weighted by Gasteiger charge is 2.34. The Morgan fingerprint density at radius 1 is 1.28 bits per heavy atom. The second-order valence-electron chi connectivity index (χ2n) is 7.85. The fourth-order valence-corrected chi connectivity index (χ4v) is 3.54. The lowest BCUT2D eigenvalue weighted by molar-refractivity contribution is -0.138. The van der Waals surface area contributed by atoms with Crippen LogP contribution >= 0.6 is 0 Å². The highest BCUT2D eigenvalue weighted by Crippen LogP contribution is 2.36. The van der Waals surface area contributed by atoms with Crippen molar-refractivity contribution in [2.45, 2.75) is 31.9 Å². The summed E-state index contributed by atoms with van der Waals surface area (Å²) in [5, 5.41) is 9.38. The molecule has 1 unspecified atom stereocenters. The number of halogens is 3. The maximum Gasteiger partial charge on any atom is 0.416 e. The minimum absolute atomic E-state index is 0.0448.